The molecule has 2 unspecified atom stereocenters. The van der Waals surface area contributed by atoms with E-state index in [0.29, 0.717) is 37.4 Å². The Hall–Kier alpha value is -4.08. The van der Waals surface area contributed by atoms with E-state index >= 15 is 0 Å². The molecule has 1 amide bonds. The number of furan rings is 1. The number of carbonyl (C=O) groups excluding carboxylic acids is 1. The zero-order valence-corrected chi connectivity index (χ0v) is 20.8. The Labute approximate surface area is 222 Å². The van der Waals surface area contributed by atoms with E-state index in [9.17, 15) is 18.0 Å². The molecule has 1 saturated heterocycles. The molecule has 1 aromatic heterocycles. The Bertz CT molecular complexity index is 1530. The number of hydrogen-bond donors (Lipinski definition) is 0. The molecule has 2 aromatic rings. The molecule has 10 heteroatoms. The highest BCUT2D eigenvalue weighted by molar-refractivity contribution is 6.11. The van der Waals surface area contributed by atoms with Crippen LogP contribution in [0, 0.1) is 0 Å². The van der Waals surface area contributed by atoms with Crippen LogP contribution in [0.3, 0.4) is 0 Å². The van der Waals surface area contributed by atoms with Gasteiger partial charge < -0.3 is 18.8 Å². The fourth-order valence-corrected chi connectivity index (χ4v) is 6.26. The number of allylic oxidation sites excluding steroid dienone is 3. The van der Waals surface area contributed by atoms with Gasteiger partial charge in [0.05, 0.1) is 13.2 Å². The van der Waals surface area contributed by atoms with Gasteiger partial charge in [0.2, 0.25) is 11.7 Å². The number of hydrogen-bond acceptors (Lipinski definition) is 6. The van der Waals surface area contributed by atoms with Gasteiger partial charge in [0, 0.05) is 42.4 Å². The monoisotopic (exact) mass is 535 g/mol. The van der Waals surface area contributed by atoms with Crippen molar-refractivity contribution in [2.24, 2.45) is 9.98 Å². The maximum absolute atomic E-state index is 14.5. The van der Waals surface area contributed by atoms with Crippen LogP contribution in [0.1, 0.15) is 47.8 Å². The molecule has 39 heavy (non-hydrogen) atoms. The number of carbonyl (C=O) groups is 1. The average Bonchev–Trinajstić information content (AvgIpc) is 3.62. The van der Waals surface area contributed by atoms with E-state index in [4.69, 9.17) is 13.9 Å². The number of fused-ring (bicyclic) bond motifs is 4. The van der Waals surface area contributed by atoms with Gasteiger partial charge in [-0.15, -0.1) is 0 Å². The number of benzene rings is 1. The summed E-state index contributed by atoms with van der Waals surface area (Å²) in [7, 11) is 0. The third-order valence-corrected chi connectivity index (χ3v) is 8.06. The second kappa shape index (κ2) is 8.72. The number of amides is 1. The molecule has 1 spiro atoms. The van der Waals surface area contributed by atoms with Gasteiger partial charge in [0.1, 0.15) is 35.6 Å². The molecule has 1 aliphatic carbocycles. The zero-order valence-electron chi connectivity index (χ0n) is 20.8. The first-order valence-corrected chi connectivity index (χ1v) is 12.9. The lowest BCUT2D eigenvalue weighted by Gasteiger charge is -2.27. The molecule has 7 nitrogen and oxygen atoms in total. The first-order chi connectivity index (χ1) is 18.9. The number of ether oxygens (including phenoxy) is 2. The molecule has 1 aromatic carbocycles. The summed E-state index contributed by atoms with van der Waals surface area (Å²) in [6.45, 7) is 1.15. The van der Waals surface area contributed by atoms with Gasteiger partial charge in [0.25, 0.3) is 0 Å². The Balaban J connectivity index is 1.38. The fourth-order valence-electron chi connectivity index (χ4n) is 6.26. The summed E-state index contributed by atoms with van der Waals surface area (Å²) in [5.74, 6) is -0.00529. The maximum Gasteiger partial charge on any atom is 0.449 e. The van der Waals surface area contributed by atoms with Crippen LogP contribution in [0.25, 0.3) is 0 Å². The fraction of sp³-hybridized carbons (Fsp3) is 0.345. The minimum absolute atomic E-state index is 0.0506. The predicted molar refractivity (Wildman–Crippen MR) is 137 cm³/mol. The van der Waals surface area contributed by atoms with Gasteiger partial charge >= 0.3 is 6.18 Å². The highest BCUT2D eigenvalue weighted by Gasteiger charge is 2.59. The number of rotatable bonds is 3. The van der Waals surface area contributed by atoms with Gasteiger partial charge in [-0.1, -0.05) is 18.2 Å². The summed E-state index contributed by atoms with van der Waals surface area (Å²) in [5.41, 5.74) is 3.17. The molecule has 0 radical (unpaired) electrons. The Morgan fingerprint density at radius 3 is 2.90 bits per heavy atom. The number of nitrogens with zero attached hydrogens (tertiary/aromatic N) is 3. The lowest BCUT2D eigenvalue weighted by atomic mass is 9.71. The van der Waals surface area contributed by atoms with Crippen LogP contribution < -0.4 is 4.90 Å². The van der Waals surface area contributed by atoms with Crippen molar-refractivity contribution in [3.8, 4) is 0 Å². The first-order valence-electron chi connectivity index (χ1n) is 12.9. The van der Waals surface area contributed by atoms with Gasteiger partial charge in [-0.2, -0.15) is 13.2 Å². The van der Waals surface area contributed by atoms with Crippen LogP contribution >= 0.6 is 0 Å². The number of halogens is 3. The molecular weight excluding hydrogens is 511 g/mol. The molecule has 1 fully saturated rings. The first kappa shape index (κ1) is 24.0. The molecule has 4 aliphatic heterocycles. The second-order valence-electron chi connectivity index (χ2n) is 10.2. The number of aliphatic imine (C=N–C) groups is 2. The molecule has 0 bridgehead atoms. The van der Waals surface area contributed by atoms with Crippen molar-refractivity contribution < 1.29 is 31.9 Å². The second-order valence-corrected chi connectivity index (χ2v) is 10.2. The largest absolute Gasteiger partial charge is 0.493 e. The van der Waals surface area contributed by atoms with Crippen LogP contribution in [0.4, 0.5) is 18.9 Å². The summed E-state index contributed by atoms with van der Waals surface area (Å²) in [4.78, 5) is 24.7. The number of alkyl halides is 3. The van der Waals surface area contributed by atoms with Gasteiger partial charge in [-0.3, -0.25) is 9.79 Å². The van der Waals surface area contributed by atoms with E-state index in [-0.39, 0.29) is 30.7 Å². The Morgan fingerprint density at radius 1 is 1.15 bits per heavy atom. The van der Waals surface area contributed by atoms with Crippen LogP contribution in [-0.4, -0.2) is 38.2 Å². The SMILES string of the molecule is O=C1N(Cc2ccc(C(F)(F)F)o2)c2cccc(C3C=NC=NCC3)c2C12COC1=C2CC=C2CCOC2=C1. The van der Waals surface area contributed by atoms with Crippen molar-refractivity contribution in [3.63, 3.8) is 0 Å². The highest BCUT2D eigenvalue weighted by Crippen LogP contribution is 2.55. The lowest BCUT2D eigenvalue weighted by Crippen LogP contribution is -2.43. The van der Waals surface area contributed by atoms with Gasteiger partial charge in [-0.25, -0.2) is 4.99 Å². The number of anilines is 1. The van der Waals surface area contributed by atoms with Crippen molar-refractivity contribution in [1.29, 1.82) is 0 Å². The van der Waals surface area contributed by atoms with E-state index in [1.54, 1.807) is 0 Å². The van der Waals surface area contributed by atoms with Crippen molar-refractivity contribution in [1.82, 2.24) is 0 Å². The van der Waals surface area contributed by atoms with E-state index in [1.807, 2.05) is 30.5 Å². The summed E-state index contributed by atoms with van der Waals surface area (Å²) >= 11 is 0. The lowest BCUT2D eigenvalue weighted by molar-refractivity contribution is -0.153. The maximum atomic E-state index is 14.5. The molecular formula is C29H24F3N3O4. The smallest absolute Gasteiger partial charge is 0.449 e. The highest BCUT2D eigenvalue weighted by atomic mass is 19.4. The van der Waals surface area contributed by atoms with Crippen molar-refractivity contribution in [3.05, 3.63) is 87.8 Å². The van der Waals surface area contributed by atoms with Crippen LogP contribution in [0.5, 0.6) is 0 Å². The van der Waals surface area contributed by atoms with E-state index in [1.165, 1.54) is 17.3 Å². The minimum atomic E-state index is -4.61. The molecule has 0 saturated carbocycles. The van der Waals surface area contributed by atoms with E-state index in [0.717, 1.165) is 40.5 Å². The normalized spacial score (nSPS) is 25.6. The topological polar surface area (TPSA) is 76.6 Å². The third kappa shape index (κ3) is 3.68. The average molecular weight is 536 g/mol. The molecule has 0 N–H and O–H groups in total. The zero-order chi connectivity index (χ0) is 26.8. The van der Waals surface area contributed by atoms with Crippen molar-refractivity contribution >= 4 is 24.1 Å². The van der Waals surface area contributed by atoms with Crippen molar-refractivity contribution in [2.45, 2.75) is 43.3 Å². The van der Waals surface area contributed by atoms with Gasteiger partial charge in [-0.05, 0) is 47.8 Å². The third-order valence-electron chi connectivity index (χ3n) is 8.06. The van der Waals surface area contributed by atoms with E-state index in [2.05, 4.69) is 16.1 Å². The van der Waals surface area contributed by atoms with Crippen LogP contribution in [-0.2, 0) is 32.4 Å². The standard InChI is InChI=1S/C29H24F3N3O4/c30-29(31,32)25-7-5-19(39-25)14-35-22-3-1-2-20(18-8-10-33-16-34-13-18)26(22)28(27(35)36)15-38-24-12-23-17(9-11-37-23)4-6-21(24)28/h1-5,7,12-13,16,18H,6,8-11,14-15H2. The predicted octanol–water partition coefficient (Wildman–Crippen LogP) is 5.59. The minimum Gasteiger partial charge on any atom is -0.493 e. The molecule has 5 heterocycles. The molecule has 5 aliphatic rings. The van der Waals surface area contributed by atoms with Crippen LogP contribution in [0.15, 0.2) is 79.6 Å². The summed E-state index contributed by atoms with van der Waals surface area (Å²) in [6, 6.07) is 7.88. The quantitative estimate of drug-likeness (QED) is 0.514. The molecule has 7 rings (SSSR count). The molecule has 2 atom stereocenters. The molecule has 200 valence electrons. The van der Waals surface area contributed by atoms with Gasteiger partial charge in [0.15, 0.2) is 0 Å². The summed E-state index contributed by atoms with van der Waals surface area (Å²) in [6.07, 6.45) is 4.74. The summed E-state index contributed by atoms with van der Waals surface area (Å²) < 4.78 is 56.9. The Morgan fingerprint density at radius 2 is 2.05 bits per heavy atom. The van der Waals surface area contributed by atoms with Crippen LogP contribution in [0.2, 0.25) is 0 Å². The Kier molecular flexibility index (Phi) is 5.37. The van der Waals surface area contributed by atoms with Crippen molar-refractivity contribution in [2.75, 3.05) is 24.7 Å². The van der Waals surface area contributed by atoms with E-state index < -0.39 is 17.4 Å². The summed E-state index contributed by atoms with van der Waals surface area (Å²) in [5, 5.41) is 0.